The van der Waals surface area contributed by atoms with Crippen LogP contribution in [0.25, 0.3) is 0 Å². The molecule has 1 heterocycles. The van der Waals surface area contributed by atoms with Crippen LogP contribution in [-0.2, 0) is 6.54 Å². The first-order chi connectivity index (χ1) is 12.0. The summed E-state index contributed by atoms with van der Waals surface area (Å²) in [6.45, 7) is 7.00. The topological polar surface area (TPSA) is 32.3 Å². The van der Waals surface area contributed by atoms with Gasteiger partial charge in [-0.15, -0.1) is 0 Å². The van der Waals surface area contributed by atoms with Gasteiger partial charge in [-0.3, -0.25) is 9.69 Å². The summed E-state index contributed by atoms with van der Waals surface area (Å²) < 4.78 is 0. The molecule has 2 aromatic rings. The molecule has 0 spiro atoms. The molecule has 0 aliphatic carbocycles. The first-order valence-corrected chi connectivity index (χ1v) is 9.24. The van der Waals surface area contributed by atoms with Gasteiger partial charge in [0.1, 0.15) is 0 Å². The van der Waals surface area contributed by atoms with Crippen molar-refractivity contribution in [1.82, 2.24) is 10.2 Å². The van der Waals surface area contributed by atoms with Crippen LogP contribution in [0.2, 0.25) is 5.02 Å². The minimum Gasteiger partial charge on any atom is -0.349 e. The molecule has 25 heavy (non-hydrogen) atoms. The van der Waals surface area contributed by atoms with Crippen molar-refractivity contribution in [2.24, 2.45) is 0 Å². The predicted octanol–water partition coefficient (Wildman–Crippen LogP) is 4.35. The molecular formula is C21H25ClN2O. The van der Waals surface area contributed by atoms with Crippen LogP contribution < -0.4 is 5.32 Å². The van der Waals surface area contributed by atoms with Crippen molar-refractivity contribution in [3.8, 4) is 0 Å². The molecule has 1 fully saturated rings. The smallest absolute Gasteiger partial charge is 0.251 e. The number of nitrogens with zero attached hydrogens (tertiary/aromatic N) is 1. The molecule has 1 amide bonds. The van der Waals surface area contributed by atoms with Crippen molar-refractivity contribution in [3.05, 3.63) is 69.7 Å². The van der Waals surface area contributed by atoms with Gasteiger partial charge >= 0.3 is 0 Å². The highest BCUT2D eigenvalue weighted by Crippen LogP contribution is 2.17. The van der Waals surface area contributed by atoms with E-state index in [1.807, 2.05) is 44.2 Å². The average Bonchev–Trinajstić information content (AvgIpc) is 2.61. The van der Waals surface area contributed by atoms with Gasteiger partial charge in [0.2, 0.25) is 0 Å². The second-order valence-electron chi connectivity index (χ2n) is 6.90. The molecule has 132 valence electrons. The van der Waals surface area contributed by atoms with Gasteiger partial charge in [0.05, 0.1) is 0 Å². The van der Waals surface area contributed by atoms with Gasteiger partial charge in [0.15, 0.2) is 0 Å². The maximum absolute atomic E-state index is 12.6. The van der Waals surface area contributed by atoms with Crippen molar-refractivity contribution in [2.45, 2.75) is 39.3 Å². The number of benzene rings is 2. The van der Waals surface area contributed by atoms with Gasteiger partial charge in [-0.25, -0.2) is 0 Å². The van der Waals surface area contributed by atoms with E-state index in [0.29, 0.717) is 0 Å². The number of carbonyl (C=O) groups excluding carboxylic acids is 1. The highest BCUT2D eigenvalue weighted by atomic mass is 35.5. The van der Waals surface area contributed by atoms with Crippen LogP contribution in [0.1, 0.15) is 39.9 Å². The Hall–Kier alpha value is -1.84. The molecule has 0 radical (unpaired) electrons. The summed E-state index contributed by atoms with van der Waals surface area (Å²) in [5.74, 6) is 0.0531. The van der Waals surface area contributed by atoms with Crippen LogP contribution in [0.3, 0.4) is 0 Å². The van der Waals surface area contributed by atoms with Crippen LogP contribution in [0.4, 0.5) is 0 Å². The Morgan fingerprint density at radius 2 is 1.80 bits per heavy atom. The molecule has 4 heteroatoms. The SMILES string of the molecule is Cc1cccc(C(=O)NC2CCN(Cc3ccc(Cl)cc3)CC2)c1C. The zero-order valence-electron chi connectivity index (χ0n) is 14.9. The molecule has 3 nitrogen and oxygen atoms in total. The van der Waals surface area contributed by atoms with Gasteiger partial charge in [0, 0.05) is 36.3 Å². The lowest BCUT2D eigenvalue weighted by molar-refractivity contribution is 0.0908. The molecule has 2 aromatic carbocycles. The summed E-state index contributed by atoms with van der Waals surface area (Å²) in [5, 5.41) is 3.99. The van der Waals surface area contributed by atoms with Gasteiger partial charge in [-0.05, 0) is 61.6 Å². The zero-order chi connectivity index (χ0) is 17.8. The van der Waals surface area contributed by atoms with Crippen LogP contribution in [-0.4, -0.2) is 29.9 Å². The number of aryl methyl sites for hydroxylation is 1. The number of likely N-dealkylation sites (tertiary alicyclic amines) is 1. The lowest BCUT2D eigenvalue weighted by atomic mass is 10.0. The Kier molecular flexibility index (Phi) is 5.77. The van der Waals surface area contributed by atoms with Crippen LogP contribution in [0.15, 0.2) is 42.5 Å². The number of amides is 1. The normalized spacial score (nSPS) is 16.0. The van der Waals surface area contributed by atoms with E-state index in [9.17, 15) is 4.79 Å². The Morgan fingerprint density at radius 1 is 1.12 bits per heavy atom. The lowest BCUT2D eigenvalue weighted by Gasteiger charge is -2.32. The number of rotatable bonds is 4. The molecule has 1 N–H and O–H groups in total. The standard InChI is InChI=1S/C21H25ClN2O/c1-15-4-3-5-20(16(15)2)21(25)23-19-10-12-24(13-11-19)14-17-6-8-18(22)9-7-17/h3-9,19H,10-14H2,1-2H3,(H,23,25). The molecule has 1 aliphatic rings. The van der Waals surface area contributed by atoms with Crippen molar-refractivity contribution in [3.63, 3.8) is 0 Å². The molecule has 0 saturated carbocycles. The molecule has 0 aromatic heterocycles. The molecular weight excluding hydrogens is 332 g/mol. The number of carbonyl (C=O) groups is 1. The Morgan fingerprint density at radius 3 is 2.48 bits per heavy atom. The molecule has 0 bridgehead atoms. The van der Waals surface area contributed by atoms with E-state index in [1.165, 1.54) is 5.56 Å². The van der Waals surface area contributed by atoms with Crippen LogP contribution in [0.5, 0.6) is 0 Å². The van der Waals surface area contributed by atoms with Crippen molar-refractivity contribution in [1.29, 1.82) is 0 Å². The third kappa shape index (κ3) is 4.62. The minimum absolute atomic E-state index is 0.0531. The van der Waals surface area contributed by atoms with E-state index in [4.69, 9.17) is 11.6 Å². The summed E-state index contributed by atoms with van der Waals surface area (Å²) in [5.41, 5.74) is 4.30. The van der Waals surface area contributed by atoms with E-state index < -0.39 is 0 Å². The van der Waals surface area contributed by atoms with Gasteiger partial charge in [-0.2, -0.15) is 0 Å². The Labute approximate surface area is 155 Å². The molecule has 3 rings (SSSR count). The first-order valence-electron chi connectivity index (χ1n) is 8.87. The van der Waals surface area contributed by atoms with Crippen molar-refractivity contribution >= 4 is 17.5 Å². The molecule has 1 saturated heterocycles. The number of piperidine rings is 1. The zero-order valence-corrected chi connectivity index (χ0v) is 15.6. The second kappa shape index (κ2) is 8.03. The monoisotopic (exact) mass is 356 g/mol. The first kappa shape index (κ1) is 18.0. The van der Waals surface area contributed by atoms with E-state index in [0.717, 1.165) is 54.2 Å². The van der Waals surface area contributed by atoms with Gasteiger partial charge in [0.25, 0.3) is 5.91 Å². The summed E-state index contributed by atoms with van der Waals surface area (Å²) in [4.78, 5) is 15.0. The maximum atomic E-state index is 12.6. The lowest BCUT2D eigenvalue weighted by Crippen LogP contribution is -2.44. The molecule has 0 atom stereocenters. The van der Waals surface area contributed by atoms with Crippen LogP contribution in [0, 0.1) is 13.8 Å². The fourth-order valence-electron chi connectivity index (χ4n) is 3.34. The van der Waals surface area contributed by atoms with Crippen LogP contribution >= 0.6 is 11.6 Å². The maximum Gasteiger partial charge on any atom is 0.251 e. The quantitative estimate of drug-likeness (QED) is 0.883. The summed E-state index contributed by atoms with van der Waals surface area (Å²) in [7, 11) is 0. The Balaban J connectivity index is 1.51. The van der Waals surface area contributed by atoms with E-state index >= 15 is 0 Å². The van der Waals surface area contributed by atoms with Gasteiger partial charge < -0.3 is 5.32 Å². The average molecular weight is 357 g/mol. The largest absolute Gasteiger partial charge is 0.349 e. The third-order valence-electron chi connectivity index (χ3n) is 5.09. The summed E-state index contributed by atoms with van der Waals surface area (Å²) in [6, 6.07) is 14.2. The van der Waals surface area contributed by atoms with Crippen molar-refractivity contribution < 1.29 is 4.79 Å². The van der Waals surface area contributed by atoms with Crippen molar-refractivity contribution in [2.75, 3.05) is 13.1 Å². The highest BCUT2D eigenvalue weighted by molar-refractivity contribution is 6.30. The van der Waals surface area contributed by atoms with E-state index in [1.54, 1.807) is 0 Å². The molecule has 1 aliphatic heterocycles. The summed E-state index contributed by atoms with van der Waals surface area (Å²) in [6.07, 6.45) is 1.98. The molecule has 0 unspecified atom stereocenters. The fraction of sp³-hybridized carbons (Fsp3) is 0.381. The number of hydrogen-bond donors (Lipinski definition) is 1. The highest BCUT2D eigenvalue weighted by Gasteiger charge is 2.22. The Bertz CT molecular complexity index is 734. The summed E-state index contributed by atoms with van der Waals surface area (Å²) >= 11 is 5.94. The van der Waals surface area contributed by atoms with E-state index in [2.05, 4.69) is 22.3 Å². The second-order valence-corrected chi connectivity index (χ2v) is 7.33. The number of halogens is 1. The minimum atomic E-state index is 0.0531. The number of hydrogen-bond acceptors (Lipinski definition) is 2. The number of nitrogens with one attached hydrogen (secondary N) is 1. The van der Waals surface area contributed by atoms with Gasteiger partial charge in [-0.1, -0.05) is 35.9 Å². The third-order valence-corrected chi connectivity index (χ3v) is 5.34. The predicted molar refractivity (Wildman–Crippen MR) is 103 cm³/mol. The van der Waals surface area contributed by atoms with E-state index in [-0.39, 0.29) is 11.9 Å². The fourth-order valence-corrected chi connectivity index (χ4v) is 3.47.